The van der Waals surface area contributed by atoms with Gasteiger partial charge in [0.05, 0.1) is 11.7 Å². The quantitative estimate of drug-likeness (QED) is 0.642. The SMILES string of the molecule is Cc1sc2ncn(CC(=O)N3CCC(C(N)=O)CC3)c(=O)c2c1S(=O)(=O)N1CC(C)CC(C)C1. The van der Waals surface area contributed by atoms with Gasteiger partial charge in [-0.05, 0) is 38.0 Å². The van der Waals surface area contributed by atoms with Crippen LogP contribution >= 0.6 is 11.3 Å². The number of fused-ring (bicyclic) bond motifs is 1. The van der Waals surface area contributed by atoms with Gasteiger partial charge in [0.1, 0.15) is 16.3 Å². The largest absolute Gasteiger partial charge is 0.369 e. The van der Waals surface area contributed by atoms with Crippen LogP contribution in [0.1, 0.15) is 38.0 Å². The van der Waals surface area contributed by atoms with Crippen LogP contribution in [-0.4, -0.2) is 65.2 Å². The van der Waals surface area contributed by atoms with Crippen molar-refractivity contribution in [3.63, 3.8) is 0 Å². The molecule has 2 aromatic heterocycles. The summed E-state index contributed by atoms with van der Waals surface area (Å²) < 4.78 is 29.9. The molecule has 186 valence electrons. The Morgan fingerprint density at radius 2 is 1.79 bits per heavy atom. The van der Waals surface area contributed by atoms with Crippen LogP contribution in [0.5, 0.6) is 0 Å². The van der Waals surface area contributed by atoms with Crippen molar-refractivity contribution in [3.8, 4) is 0 Å². The molecular formula is C22H31N5O5S2. The number of aryl methyl sites for hydroxylation is 1. The first-order chi connectivity index (χ1) is 16.0. The van der Waals surface area contributed by atoms with Gasteiger partial charge in [-0.25, -0.2) is 13.4 Å². The van der Waals surface area contributed by atoms with Crippen LogP contribution in [0.15, 0.2) is 16.0 Å². The number of piperidine rings is 2. The number of nitrogens with two attached hydrogens (primary N) is 1. The molecule has 10 nitrogen and oxygen atoms in total. The molecule has 0 spiro atoms. The van der Waals surface area contributed by atoms with Gasteiger partial charge < -0.3 is 10.6 Å². The lowest BCUT2D eigenvalue weighted by Gasteiger charge is -2.34. The van der Waals surface area contributed by atoms with Gasteiger partial charge in [-0.2, -0.15) is 4.31 Å². The summed E-state index contributed by atoms with van der Waals surface area (Å²) in [6.07, 6.45) is 3.25. The van der Waals surface area contributed by atoms with Crippen molar-refractivity contribution in [3.05, 3.63) is 21.6 Å². The van der Waals surface area contributed by atoms with E-state index < -0.39 is 15.6 Å². The van der Waals surface area contributed by atoms with Crippen LogP contribution in [0.2, 0.25) is 0 Å². The Morgan fingerprint density at radius 1 is 1.18 bits per heavy atom. The summed E-state index contributed by atoms with van der Waals surface area (Å²) in [6.45, 7) is 7.11. The molecule has 2 atom stereocenters. The summed E-state index contributed by atoms with van der Waals surface area (Å²) in [5.74, 6) is -0.422. The molecule has 2 amide bonds. The molecule has 0 bridgehead atoms. The number of hydrogen-bond donors (Lipinski definition) is 1. The van der Waals surface area contributed by atoms with Gasteiger partial charge in [0.25, 0.3) is 5.56 Å². The van der Waals surface area contributed by atoms with E-state index in [4.69, 9.17) is 5.73 Å². The Morgan fingerprint density at radius 3 is 2.38 bits per heavy atom. The number of likely N-dealkylation sites (tertiary alicyclic amines) is 1. The average molecular weight is 510 g/mol. The van der Waals surface area contributed by atoms with Crippen molar-refractivity contribution >= 4 is 43.4 Å². The second-order valence-electron chi connectivity index (χ2n) is 9.67. The third-order valence-electron chi connectivity index (χ3n) is 6.79. The molecule has 0 radical (unpaired) electrons. The first-order valence-corrected chi connectivity index (χ1v) is 13.8. The van der Waals surface area contributed by atoms with Crippen LogP contribution in [0.3, 0.4) is 0 Å². The lowest BCUT2D eigenvalue weighted by atomic mass is 9.94. The Bertz CT molecular complexity index is 1270. The Hall–Kier alpha value is -2.31. The lowest BCUT2D eigenvalue weighted by molar-refractivity contribution is -0.135. The Balaban J connectivity index is 1.64. The van der Waals surface area contributed by atoms with E-state index in [1.807, 2.05) is 13.8 Å². The third kappa shape index (κ3) is 4.63. The Labute approximate surface area is 202 Å². The molecule has 2 saturated heterocycles. The number of hydrogen-bond acceptors (Lipinski definition) is 7. The molecule has 12 heteroatoms. The fourth-order valence-corrected chi connectivity index (χ4v) is 8.47. The van der Waals surface area contributed by atoms with E-state index in [0.29, 0.717) is 48.7 Å². The zero-order valence-electron chi connectivity index (χ0n) is 19.7. The van der Waals surface area contributed by atoms with Crippen molar-refractivity contribution in [2.75, 3.05) is 26.2 Å². The topological polar surface area (TPSA) is 136 Å². The predicted molar refractivity (Wildman–Crippen MR) is 129 cm³/mol. The van der Waals surface area contributed by atoms with E-state index in [2.05, 4.69) is 4.98 Å². The van der Waals surface area contributed by atoms with E-state index >= 15 is 0 Å². The summed E-state index contributed by atoms with van der Waals surface area (Å²) in [4.78, 5) is 44.4. The number of amides is 2. The monoisotopic (exact) mass is 509 g/mol. The number of sulfonamides is 1. The van der Waals surface area contributed by atoms with Crippen LogP contribution in [0, 0.1) is 24.7 Å². The summed E-state index contributed by atoms with van der Waals surface area (Å²) >= 11 is 1.17. The van der Waals surface area contributed by atoms with Crippen molar-refractivity contribution in [1.29, 1.82) is 0 Å². The maximum Gasteiger partial charge on any atom is 0.263 e. The summed E-state index contributed by atoms with van der Waals surface area (Å²) in [5, 5.41) is 0.0520. The van der Waals surface area contributed by atoms with Gasteiger partial charge >= 0.3 is 0 Å². The van der Waals surface area contributed by atoms with E-state index in [9.17, 15) is 22.8 Å². The van der Waals surface area contributed by atoms with Crippen LogP contribution < -0.4 is 11.3 Å². The second kappa shape index (κ2) is 9.38. The fraction of sp³-hybridized carbons (Fsp3) is 0.636. The molecule has 0 saturated carbocycles. The maximum absolute atomic E-state index is 13.6. The molecular weight excluding hydrogens is 478 g/mol. The number of carbonyl (C=O) groups is 2. The zero-order chi connectivity index (χ0) is 24.8. The van der Waals surface area contributed by atoms with Crippen molar-refractivity contribution < 1.29 is 18.0 Å². The first-order valence-electron chi connectivity index (χ1n) is 11.5. The molecule has 4 heterocycles. The number of thiophene rings is 1. The van der Waals surface area contributed by atoms with E-state index in [0.717, 1.165) is 6.42 Å². The average Bonchev–Trinajstić information content (AvgIpc) is 3.12. The lowest BCUT2D eigenvalue weighted by Crippen LogP contribution is -2.44. The third-order valence-corrected chi connectivity index (χ3v) is 9.94. The minimum atomic E-state index is -3.89. The summed E-state index contributed by atoms with van der Waals surface area (Å²) in [5.41, 5.74) is 4.82. The highest BCUT2D eigenvalue weighted by Gasteiger charge is 2.36. The van der Waals surface area contributed by atoms with Crippen LogP contribution in [0.25, 0.3) is 10.2 Å². The summed E-state index contributed by atoms with van der Waals surface area (Å²) in [7, 11) is -3.89. The molecule has 2 fully saturated rings. The maximum atomic E-state index is 13.6. The van der Waals surface area contributed by atoms with Crippen molar-refractivity contribution in [1.82, 2.24) is 18.8 Å². The molecule has 34 heavy (non-hydrogen) atoms. The van der Waals surface area contributed by atoms with Gasteiger partial charge in [0, 0.05) is 37.0 Å². The minimum Gasteiger partial charge on any atom is -0.369 e. The van der Waals surface area contributed by atoms with Crippen molar-refractivity contribution in [2.45, 2.75) is 51.5 Å². The van der Waals surface area contributed by atoms with Gasteiger partial charge in [-0.15, -0.1) is 11.3 Å². The fourth-order valence-electron chi connectivity index (χ4n) is 5.13. The van der Waals surface area contributed by atoms with Crippen molar-refractivity contribution in [2.24, 2.45) is 23.5 Å². The number of aromatic nitrogens is 2. The van der Waals surface area contributed by atoms with Crippen LogP contribution in [-0.2, 0) is 26.2 Å². The van der Waals surface area contributed by atoms with E-state index in [1.54, 1.807) is 11.8 Å². The second-order valence-corrected chi connectivity index (χ2v) is 12.7. The highest BCUT2D eigenvalue weighted by molar-refractivity contribution is 7.89. The normalized spacial score (nSPS) is 22.9. The molecule has 0 aliphatic carbocycles. The standard InChI is InChI=1S/C22H31N5O5S2/c1-13-8-14(2)10-27(9-13)34(31,32)19-15(3)33-21-18(19)22(30)26(12-24-21)11-17(28)25-6-4-16(5-7-25)20(23)29/h12-14,16H,4-11H2,1-3H3,(H2,23,29). The van der Waals surface area contributed by atoms with Gasteiger partial charge in [-0.3, -0.25) is 19.0 Å². The zero-order valence-corrected chi connectivity index (χ0v) is 21.3. The summed E-state index contributed by atoms with van der Waals surface area (Å²) in [6, 6.07) is 0. The highest BCUT2D eigenvalue weighted by atomic mass is 32.2. The van der Waals surface area contributed by atoms with Gasteiger partial charge in [0.15, 0.2) is 0 Å². The molecule has 2 unspecified atom stereocenters. The smallest absolute Gasteiger partial charge is 0.263 e. The number of primary amides is 1. The number of rotatable bonds is 5. The molecule has 2 aromatic rings. The molecule has 2 aliphatic rings. The number of nitrogens with zero attached hydrogens (tertiary/aromatic N) is 4. The highest BCUT2D eigenvalue weighted by Crippen LogP contribution is 2.35. The van der Waals surface area contributed by atoms with E-state index in [-0.39, 0.29) is 46.4 Å². The van der Waals surface area contributed by atoms with Gasteiger partial charge in [-0.1, -0.05) is 13.8 Å². The first kappa shape index (κ1) is 24.8. The predicted octanol–water partition coefficient (Wildman–Crippen LogP) is 1.16. The van der Waals surface area contributed by atoms with E-state index in [1.165, 1.54) is 26.5 Å². The Kier molecular flexibility index (Phi) is 6.85. The molecule has 2 N–H and O–H groups in total. The molecule has 2 aliphatic heterocycles. The molecule has 0 aromatic carbocycles. The van der Waals surface area contributed by atoms with Crippen LogP contribution in [0.4, 0.5) is 0 Å². The minimum absolute atomic E-state index is 0.00960. The van der Waals surface area contributed by atoms with Gasteiger partial charge in [0.2, 0.25) is 21.8 Å². The molecule has 4 rings (SSSR count). The number of carbonyl (C=O) groups excluding carboxylic acids is 2.